The molecule has 0 saturated heterocycles. The lowest BCUT2D eigenvalue weighted by atomic mass is 9.94. The molecule has 15 heavy (non-hydrogen) atoms. The molecule has 4 heteroatoms. The van der Waals surface area contributed by atoms with Crippen molar-refractivity contribution in [1.82, 2.24) is 5.32 Å². The van der Waals surface area contributed by atoms with E-state index in [1.165, 1.54) is 6.08 Å². The molecule has 0 atom stereocenters. The monoisotopic (exact) mass is 211 g/mol. The molecule has 0 radical (unpaired) electrons. The minimum absolute atomic E-state index is 0.112. The third-order valence-corrected chi connectivity index (χ3v) is 1.83. The van der Waals surface area contributed by atoms with E-state index < -0.39 is 11.4 Å². The van der Waals surface area contributed by atoms with Crippen LogP contribution in [0.2, 0.25) is 0 Å². The van der Waals surface area contributed by atoms with Gasteiger partial charge in [0.15, 0.2) is 0 Å². The van der Waals surface area contributed by atoms with E-state index in [4.69, 9.17) is 5.11 Å². The molecule has 0 aliphatic carbocycles. The van der Waals surface area contributed by atoms with E-state index in [0.717, 1.165) is 0 Å². The fourth-order valence-corrected chi connectivity index (χ4v) is 0.697. The molecule has 1 amide bonds. The first-order valence-electron chi connectivity index (χ1n) is 4.70. The average molecular weight is 211 g/mol. The second-order valence-electron chi connectivity index (χ2n) is 3.79. The Hall–Kier alpha value is -1.58. The van der Waals surface area contributed by atoms with Crippen LogP contribution >= 0.6 is 0 Å². The molecule has 0 aliphatic rings. The van der Waals surface area contributed by atoms with E-state index in [2.05, 4.69) is 5.32 Å². The van der Waals surface area contributed by atoms with Crippen LogP contribution in [-0.4, -0.2) is 23.5 Å². The molecule has 0 spiro atoms. The van der Waals surface area contributed by atoms with Crippen molar-refractivity contribution in [3.8, 4) is 0 Å². The zero-order valence-electron chi connectivity index (χ0n) is 9.28. The summed E-state index contributed by atoms with van der Waals surface area (Å²) in [7, 11) is 0. The fraction of sp³-hybridized carbons (Fsp3) is 0.455. The van der Waals surface area contributed by atoms with Crippen molar-refractivity contribution >= 4 is 11.9 Å². The molecule has 0 bridgehead atoms. The van der Waals surface area contributed by atoms with Gasteiger partial charge in [0, 0.05) is 12.6 Å². The van der Waals surface area contributed by atoms with E-state index in [-0.39, 0.29) is 12.5 Å². The zero-order valence-corrected chi connectivity index (χ0v) is 9.28. The number of rotatable bonds is 5. The summed E-state index contributed by atoms with van der Waals surface area (Å²) < 4.78 is 0. The SMILES string of the molecule is CC=CC=CC(=O)NCC(C)(C)C(=O)O. The molecular weight excluding hydrogens is 194 g/mol. The Morgan fingerprint density at radius 3 is 2.40 bits per heavy atom. The first-order chi connectivity index (χ1) is 6.90. The number of aliphatic carboxylic acids is 1. The van der Waals surface area contributed by atoms with Crippen molar-refractivity contribution in [3.63, 3.8) is 0 Å². The van der Waals surface area contributed by atoms with E-state index in [1.807, 2.05) is 6.92 Å². The summed E-state index contributed by atoms with van der Waals surface area (Å²) in [6.45, 7) is 5.08. The number of hydrogen-bond donors (Lipinski definition) is 2. The van der Waals surface area contributed by atoms with Crippen LogP contribution in [-0.2, 0) is 9.59 Å². The van der Waals surface area contributed by atoms with Crippen molar-refractivity contribution in [2.75, 3.05) is 6.54 Å². The van der Waals surface area contributed by atoms with Gasteiger partial charge in [0.25, 0.3) is 0 Å². The summed E-state index contributed by atoms with van der Waals surface area (Å²) in [4.78, 5) is 21.9. The Labute approximate surface area is 89.7 Å². The van der Waals surface area contributed by atoms with Crippen LogP contribution in [0.1, 0.15) is 20.8 Å². The highest BCUT2D eigenvalue weighted by atomic mass is 16.4. The third kappa shape index (κ3) is 5.67. The number of hydrogen-bond acceptors (Lipinski definition) is 2. The minimum Gasteiger partial charge on any atom is -0.481 e. The molecule has 0 saturated carbocycles. The molecule has 0 aromatic heterocycles. The van der Waals surface area contributed by atoms with Crippen LogP contribution in [0.5, 0.6) is 0 Å². The number of carboxylic acids is 1. The molecule has 84 valence electrons. The van der Waals surface area contributed by atoms with Crippen molar-refractivity contribution < 1.29 is 14.7 Å². The number of allylic oxidation sites excluding steroid dienone is 3. The van der Waals surface area contributed by atoms with Gasteiger partial charge < -0.3 is 10.4 Å². The Bertz CT molecular complexity index is 290. The summed E-state index contributed by atoms with van der Waals surface area (Å²) in [5.74, 6) is -1.22. The molecular formula is C11H17NO3. The molecule has 2 N–H and O–H groups in total. The van der Waals surface area contributed by atoms with Crippen molar-refractivity contribution in [3.05, 3.63) is 24.3 Å². The van der Waals surface area contributed by atoms with E-state index in [0.29, 0.717) is 0 Å². The first-order valence-corrected chi connectivity index (χ1v) is 4.70. The predicted octanol–water partition coefficient (Wildman–Crippen LogP) is 1.35. The highest BCUT2D eigenvalue weighted by molar-refractivity contribution is 5.88. The van der Waals surface area contributed by atoms with Crippen LogP contribution in [0, 0.1) is 5.41 Å². The third-order valence-electron chi connectivity index (χ3n) is 1.83. The summed E-state index contributed by atoms with van der Waals surface area (Å²) in [6.07, 6.45) is 6.48. The maximum absolute atomic E-state index is 11.2. The molecule has 0 aromatic carbocycles. The van der Waals surface area contributed by atoms with Gasteiger partial charge in [-0.05, 0) is 20.8 Å². The maximum atomic E-state index is 11.2. The van der Waals surface area contributed by atoms with Crippen molar-refractivity contribution in [2.24, 2.45) is 5.41 Å². The number of carbonyl (C=O) groups is 2. The highest BCUT2D eigenvalue weighted by Crippen LogP contribution is 2.12. The Morgan fingerprint density at radius 1 is 1.33 bits per heavy atom. The lowest BCUT2D eigenvalue weighted by molar-refractivity contribution is -0.146. The second-order valence-corrected chi connectivity index (χ2v) is 3.79. The molecule has 0 heterocycles. The fourth-order valence-electron chi connectivity index (χ4n) is 0.697. The van der Waals surface area contributed by atoms with Crippen molar-refractivity contribution in [2.45, 2.75) is 20.8 Å². The standard InChI is InChI=1S/C11H17NO3/c1-4-5-6-7-9(13)12-8-11(2,3)10(14)15/h4-7H,8H2,1-3H3,(H,12,13)(H,14,15). The normalized spacial score (nSPS) is 12.2. The number of carbonyl (C=O) groups excluding carboxylic acids is 1. The Balaban J connectivity index is 4.06. The van der Waals surface area contributed by atoms with Gasteiger partial charge in [-0.1, -0.05) is 18.2 Å². The number of carboxylic acid groups (broad SMARTS) is 1. The van der Waals surface area contributed by atoms with Crippen LogP contribution in [0.15, 0.2) is 24.3 Å². The molecule has 0 fully saturated rings. The summed E-state index contributed by atoms with van der Waals surface area (Å²) >= 11 is 0. The summed E-state index contributed by atoms with van der Waals surface area (Å²) in [5, 5.41) is 11.3. The van der Waals surface area contributed by atoms with Crippen LogP contribution in [0.25, 0.3) is 0 Å². The summed E-state index contributed by atoms with van der Waals surface area (Å²) in [5.41, 5.74) is -0.940. The lowest BCUT2D eigenvalue weighted by Crippen LogP contribution is -2.38. The Morgan fingerprint density at radius 2 is 1.93 bits per heavy atom. The predicted molar refractivity (Wildman–Crippen MR) is 58.4 cm³/mol. The Kier molecular flexibility index (Phi) is 5.37. The summed E-state index contributed by atoms with van der Waals surface area (Å²) in [6, 6.07) is 0. The quantitative estimate of drug-likeness (QED) is 0.532. The topological polar surface area (TPSA) is 66.4 Å². The maximum Gasteiger partial charge on any atom is 0.310 e. The largest absolute Gasteiger partial charge is 0.481 e. The van der Waals surface area contributed by atoms with E-state index in [9.17, 15) is 9.59 Å². The molecule has 0 unspecified atom stereocenters. The van der Waals surface area contributed by atoms with Gasteiger partial charge in [0.2, 0.25) is 5.91 Å². The zero-order chi connectivity index (χ0) is 11.9. The van der Waals surface area contributed by atoms with Gasteiger partial charge >= 0.3 is 5.97 Å². The lowest BCUT2D eigenvalue weighted by Gasteiger charge is -2.18. The van der Waals surface area contributed by atoms with E-state index >= 15 is 0 Å². The minimum atomic E-state index is -0.940. The number of amides is 1. The van der Waals surface area contributed by atoms with Gasteiger partial charge in [-0.25, -0.2) is 0 Å². The van der Waals surface area contributed by atoms with E-state index in [1.54, 1.807) is 32.1 Å². The van der Waals surface area contributed by atoms with Crippen molar-refractivity contribution in [1.29, 1.82) is 0 Å². The van der Waals surface area contributed by atoms with Gasteiger partial charge in [0.1, 0.15) is 0 Å². The van der Waals surface area contributed by atoms with Gasteiger partial charge in [-0.15, -0.1) is 0 Å². The van der Waals surface area contributed by atoms with Gasteiger partial charge in [-0.2, -0.15) is 0 Å². The van der Waals surface area contributed by atoms with Gasteiger partial charge in [0.05, 0.1) is 5.41 Å². The van der Waals surface area contributed by atoms with Crippen LogP contribution in [0.4, 0.5) is 0 Å². The van der Waals surface area contributed by atoms with Gasteiger partial charge in [-0.3, -0.25) is 9.59 Å². The second kappa shape index (κ2) is 6.01. The molecule has 0 aromatic rings. The smallest absolute Gasteiger partial charge is 0.310 e. The molecule has 4 nitrogen and oxygen atoms in total. The highest BCUT2D eigenvalue weighted by Gasteiger charge is 2.27. The molecule has 0 aliphatic heterocycles. The molecule has 0 rings (SSSR count). The van der Waals surface area contributed by atoms with Crippen LogP contribution in [0.3, 0.4) is 0 Å². The average Bonchev–Trinajstić information content (AvgIpc) is 2.15. The first kappa shape index (κ1) is 13.4. The van der Waals surface area contributed by atoms with Crippen LogP contribution < -0.4 is 5.32 Å². The number of nitrogens with one attached hydrogen (secondary N) is 1.